The summed E-state index contributed by atoms with van der Waals surface area (Å²) in [6.07, 6.45) is 1.97. The van der Waals surface area contributed by atoms with Crippen molar-refractivity contribution in [3.8, 4) is 11.3 Å². The molecule has 0 saturated carbocycles. The molecule has 1 aliphatic heterocycles. The van der Waals surface area contributed by atoms with Crippen LogP contribution in [0.1, 0.15) is 23.8 Å². The zero-order valence-electron chi connectivity index (χ0n) is 18.0. The number of benzene rings is 2. The third kappa shape index (κ3) is 5.35. The lowest BCUT2D eigenvalue weighted by molar-refractivity contribution is -0.142. The van der Waals surface area contributed by atoms with E-state index in [1.54, 1.807) is 11.0 Å². The molecule has 8 heteroatoms. The van der Waals surface area contributed by atoms with Gasteiger partial charge in [-0.05, 0) is 30.2 Å². The third-order valence-electron chi connectivity index (χ3n) is 5.36. The van der Waals surface area contributed by atoms with Gasteiger partial charge in [-0.15, -0.1) is 12.6 Å². The summed E-state index contributed by atoms with van der Waals surface area (Å²) in [4.78, 5) is 26.4. The van der Waals surface area contributed by atoms with E-state index in [1.807, 2.05) is 66.7 Å². The molecule has 1 fully saturated rings. The van der Waals surface area contributed by atoms with Crippen molar-refractivity contribution in [3.05, 3.63) is 88.5 Å². The molecule has 33 heavy (non-hydrogen) atoms. The number of aliphatic carboxylic acids is 1. The van der Waals surface area contributed by atoms with E-state index < -0.39 is 11.5 Å². The number of carbonyl (C=O) groups is 2. The summed E-state index contributed by atoms with van der Waals surface area (Å²) in [6, 6.07) is 20.9. The van der Waals surface area contributed by atoms with Gasteiger partial charge in [-0.3, -0.25) is 9.59 Å². The molecule has 2 heterocycles. The smallest absolute Gasteiger partial charge is 0.323 e. The topological polar surface area (TPSA) is 96.8 Å². The molecule has 1 saturated heterocycles. The van der Waals surface area contributed by atoms with Crippen LogP contribution in [0, 0.1) is 0 Å². The van der Waals surface area contributed by atoms with E-state index in [0.29, 0.717) is 23.0 Å². The Balaban J connectivity index is 1.46. The van der Waals surface area contributed by atoms with Gasteiger partial charge in [-0.2, -0.15) is 0 Å². The summed E-state index contributed by atoms with van der Waals surface area (Å²) < 4.78 is 5.68. The lowest BCUT2D eigenvalue weighted by Gasteiger charge is -2.19. The molecule has 1 amide bonds. The molecule has 2 aromatic carbocycles. The normalized spacial score (nSPS) is 19.1. The molecular formula is C25H24N2O4S2. The Labute approximate surface area is 201 Å². The van der Waals surface area contributed by atoms with E-state index in [1.165, 1.54) is 18.7 Å². The number of carbonyl (C=O) groups excluding carboxylic acids is 1. The van der Waals surface area contributed by atoms with Crippen LogP contribution in [-0.4, -0.2) is 32.1 Å². The van der Waals surface area contributed by atoms with Crippen LogP contribution in [0.5, 0.6) is 0 Å². The minimum absolute atomic E-state index is 0.0746. The zero-order chi connectivity index (χ0) is 23.6. The number of nitrogens with zero attached hydrogens (tertiary/aromatic N) is 1. The standard InChI is InChI=1S/C25H24N2O4S2/c1-25(26,23(29)30)14-16-7-9-18(10-8-16)20-12-11-19(31-20)13-21-22(28)27(24(32)33-21)15-17-5-3-2-4-6-17/h2-13,24,32H,14-15,26H2,1H3,(H,29,30)/b21-13-/t24-,25-/m0/s1. The number of hydrogen-bond acceptors (Lipinski definition) is 6. The van der Waals surface area contributed by atoms with Gasteiger partial charge in [-0.1, -0.05) is 66.4 Å². The van der Waals surface area contributed by atoms with Crippen molar-refractivity contribution in [2.45, 2.75) is 30.1 Å². The molecule has 0 unspecified atom stereocenters. The van der Waals surface area contributed by atoms with Crippen LogP contribution in [0.3, 0.4) is 0 Å². The second kappa shape index (κ2) is 9.51. The van der Waals surface area contributed by atoms with Crippen LogP contribution in [0.15, 0.2) is 76.1 Å². The van der Waals surface area contributed by atoms with Gasteiger partial charge < -0.3 is 20.2 Å². The molecular weight excluding hydrogens is 456 g/mol. The molecule has 3 aromatic rings. The van der Waals surface area contributed by atoms with Crippen LogP contribution in [0.25, 0.3) is 17.4 Å². The highest BCUT2D eigenvalue weighted by atomic mass is 32.2. The highest BCUT2D eigenvalue weighted by molar-refractivity contribution is 8.14. The fraction of sp³-hybridized carbons (Fsp3) is 0.200. The highest BCUT2D eigenvalue weighted by Crippen LogP contribution is 2.39. The van der Waals surface area contributed by atoms with Crippen LogP contribution in [-0.2, 0) is 22.6 Å². The van der Waals surface area contributed by atoms with Crippen molar-refractivity contribution in [1.29, 1.82) is 0 Å². The maximum Gasteiger partial charge on any atom is 0.323 e. The molecule has 1 aliphatic rings. The first kappa shape index (κ1) is 23.2. The molecule has 2 atom stereocenters. The second-order valence-corrected chi connectivity index (χ2v) is 10.1. The van der Waals surface area contributed by atoms with E-state index in [2.05, 4.69) is 12.6 Å². The van der Waals surface area contributed by atoms with Crippen LogP contribution < -0.4 is 5.73 Å². The fourth-order valence-corrected chi connectivity index (χ4v) is 4.95. The summed E-state index contributed by atoms with van der Waals surface area (Å²) in [7, 11) is 0. The molecule has 170 valence electrons. The van der Waals surface area contributed by atoms with E-state index in [9.17, 15) is 14.7 Å². The molecule has 0 spiro atoms. The number of thiol groups is 1. The SMILES string of the molecule is C[C@](N)(Cc1ccc(-c2ccc(/C=C3\S[C@H](S)N(Cc4ccccc4)C3=O)o2)cc1)C(=O)O. The predicted molar refractivity (Wildman–Crippen MR) is 133 cm³/mol. The Bertz CT molecular complexity index is 1190. The van der Waals surface area contributed by atoms with Gasteiger partial charge >= 0.3 is 5.97 Å². The van der Waals surface area contributed by atoms with Crippen LogP contribution in [0.2, 0.25) is 0 Å². The van der Waals surface area contributed by atoms with Gasteiger partial charge in [0, 0.05) is 24.6 Å². The maximum atomic E-state index is 12.9. The largest absolute Gasteiger partial charge is 0.480 e. The highest BCUT2D eigenvalue weighted by Gasteiger charge is 2.34. The number of carboxylic acid groups (broad SMARTS) is 1. The van der Waals surface area contributed by atoms with Crippen molar-refractivity contribution in [1.82, 2.24) is 4.90 Å². The molecule has 0 bridgehead atoms. The van der Waals surface area contributed by atoms with Crippen molar-refractivity contribution in [2.75, 3.05) is 0 Å². The lowest BCUT2D eigenvalue weighted by Crippen LogP contribution is -2.46. The first-order valence-corrected chi connectivity index (χ1v) is 11.8. The average molecular weight is 481 g/mol. The molecule has 3 N–H and O–H groups in total. The molecule has 0 aliphatic carbocycles. The first-order chi connectivity index (χ1) is 15.7. The quantitative estimate of drug-likeness (QED) is 0.337. The van der Waals surface area contributed by atoms with Gasteiger partial charge in [0.25, 0.3) is 5.91 Å². The van der Waals surface area contributed by atoms with Gasteiger partial charge in [0.15, 0.2) is 0 Å². The zero-order valence-corrected chi connectivity index (χ0v) is 19.7. The molecule has 0 radical (unpaired) electrons. The van der Waals surface area contributed by atoms with Crippen molar-refractivity contribution in [2.24, 2.45) is 5.73 Å². The summed E-state index contributed by atoms with van der Waals surface area (Å²) >= 11 is 5.96. The van der Waals surface area contributed by atoms with E-state index in [-0.39, 0.29) is 17.0 Å². The van der Waals surface area contributed by atoms with Crippen molar-refractivity contribution >= 4 is 42.3 Å². The average Bonchev–Trinajstić information content (AvgIpc) is 3.35. The number of nitrogens with two attached hydrogens (primary N) is 1. The van der Waals surface area contributed by atoms with Gasteiger partial charge in [-0.25, -0.2) is 0 Å². The minimum atomic E-state index is -1.32. The van der Waals surface area contributed by atoms with E-state index in [0.717, 1.165) is 16.7 Å². The second-order valence-electron chi connectivity index (χ2n) is 8.17. The Kier molecular flexibility index (Phi) is 6.69. The fourth-order valence-electron chi connectivity index (χ4n) is 3.50. The summed E-state index contributed by atoms with van der Waals surface area (Å²) in [6.45, 7) is 1.99. The summed E-state index contributed by atoms with van der Waals surface area (Å²) in [5.74, 6) is 0.114. The lowest BCUT2D eigenvalue weighted by atomic mass is 9.93. The molecule has 1 aromatic heterocycles. The first-order valence-electron chi connectivity index (χ1n) is 10.4. The van der Waals surface area contributed by atoms with Crippen LogP contribution >= 0.6 is 24.4 Å². The van der Waals surface area contributed by atoms with E-state index in [4.69, 9.17) is 10.2 Å². The predicted octanol–water partition coefficient (Wildman–Crippen LogP) is 4.62. The number of carboxylic acids is 1. The maximum absolute atomic E-state index is 12.9. The van der Waals surface area contributed by atoms with Gasteiger partial charge in [0.1, 0.15) is 21.8 Å². The number of hydrogen-bond donors (Lipinski definition) is 3. The minimum Gasteiger partial charge on any atom is -0.480 e. The number of thioether (sulfide) groups is 1. The summed E-state index contributed by atoms with van der Waals surface area (Å²) in [5.41, 5.74) is 7.23. The summed E-state index contributed by atoms with van der Waals surface area (Å²) in [5, 5.41) is 9.20. The number of rotatable bonds is 7. The van der Waals surface area contributed by atoms with Crippen molar-refractivity contribution < 1.29 is 19.1 Å². The number of amides is 1. The van der Waals surface area contributed by atoms with Crippen molar-refractivity contribution in [3.63, 3.8) is 0 Å². The third-order valence-corrected chi connectivity index (χ3v) is 6.97. The Morgan fingerprint density at radius 2 is 1.85 bits per heavy atom. The monoisotopic (exact) mass is 480 g/mol. The molecule has 4 rings (SSSR count). The number of furan rings is 1. The van der Waals surface area contributed by atoms with Gasteiger partial charge in [0.2, 0.25) is 0 Å². The van der Waals surface area contributed by atoms with E-state index >= 15 is 0 Å². The Hall–Kier alpha value is -2.94. The van der Waals surface area contributed by atoms with Crippen LogP contribution in [0.4, 0.5) is 0 Å². The molecule has 6 nitrogen and oxygen atoms in total. The Morgan fingerprint density at radius 3 is 2.52 bits per heavy atom. The van der Waals surface area contributed by atoms with Gasteiger partial charge in [0.05, 0.1) is 4.91 Å². The Morgan fingerprint density at radius 1 is 1.15 bits per heavy atom.